The van der Waals surface area contributed by atoms with Crippen molar-refractivity contribution in [3.8, 4) is 0 Å². The highest BCUT2D eigenvalue weighted by atomic mass is 32.2. The second kappa shape index (κ2) is 5.81. The number of nitrogen functional groups attached to an aromatic ring is 1. The van der Waals surface area contributed by atoms with Crippen molar-refractivity contribution in [3.63, 3.8) is 0 Å². The van der Waals surface area contributed by atoms with Gasteiger partial charge in [0.25, 0.3) is 5.56 Å². The maximum absolute atomic E-state index is 11.2. The van der Waals surface area contributed by atoms with Gasteiger partial charge in [0, 0.05) is 24.2 Å². The first-order valence-corrected chi connectivity index (χ1v) is 6.49. The van der Waals surface area contributed by atoms with E-state index in [0.29, 0.717) is 21.8 Å². The fraction of sp³-hybridized carbons (Fsp3) is 0.273. The predicted molar refractivity (Wildman–Crippen MR) is 72.9 cm³/mol. The van der Waals surface area contributed by atoms with Gasteiger partial charge in [0.1, 0.15) is 16.7 Å². The highest BCUT2D eigenvalue weighted by Crippen LogP contribution is 2.25. The van der Waals surface area contributed by atoms with E-state index < -0.39 is 0 Å². The molecule has 19 heavy (non-hydrogen) atoms. The third-order valence-electron chi connectivity index (χ3n) is 2.23. The zero-order valence-corrected chi connectivity index (χ0v) is 11.4. The van der Waals surface area contributed by atoms with Gasteiger partial charge in [-0.1, -0.05) is 13.8 Å². The quantitative estimate of drug-likeness (QED) is 0.333. The summed E-state index contributed by atoms with van der Waals surface area (Å²) >= 11 is 1.25. The summed E-state index contributed by atoms with van der Waals surface area (Å²) in [6, 6.07) is 3.06. The Hall–Kier alpha value is -1.93. The van der Waals surface area contributed by atoms with E-state index in [-0.39, 0.29) is 11.5 Å². The van der Waals surface area contributed by atoms with Crippen molar-refractivity contribution in [1.29, 1.82) is 0 Å². The Morgan fingerprint density at radius 1 is 1.42 bits per heavy atom. The monoisotopic (exact) mass is 278 g/mol. The van der Waals surface area contributed by atoms with E-state index in [9.17, 15) is 4.79 Å². The highest BCUT2D eigenvalue weighted by Gasteiger charge is 2.09. The van der Waals surface area contributed by atoms with E-state index in [0.717, 1.165) is 0 Å². The van der Waals surface area contributed by atoms with E-state index in [4.69, 9.17) is 5.84 Å². The van der Waals surface area contributed by atoms with Gasteiger partial charge in [-0.15, -0.1) is 0 Å². The van der Waals surface area contributed by atoms with Gasteiger partial charge in [-0.25, -0.2) is 20.8 Å². The maximum atomic E-state index is 11.2. The third-order valence-corrected chi connectivity index (χ3v) is 3.05. The molecule has 2 heterocycles. The minimum atomic E-state index is -0.201. The summed E-state index contributed by atoms with van der Waals surface area (Å²) in [5, 5.41) is 1.14. The second-order valence-electron chi connectivity index (χ2n) is 4.09. The number of aromatic nitrogens is 4. The van der Waals surface area contributed by atoms with Crippen molar-refractivity contribution < 1.29 is 0 Å². The Kier molecular flexibility index (Phi) is 4.13. The molecule has 0 radical (unpaired) electrons. The van der Waals surface area contributed by atoms with Crippen LogP contribution in [0.4, 0.5) is 5.82 Å². The molecular formula is C11H14N6OS. The van der Waals surface area contributed by atoms with Crippen LogP contribution in [-0.4, -0.2) is 19.9 Å². The number of nitrogens with two attached hydrogens (primary N) is 1. The minimum absolute atomic E-state index is 0.176. The van der Waals surface area contributed by atoms with Crippen LogP contribution in [0.15, 0.2) is 33.3 Å². The average Bonchev–Trinajstić information content (AvgIpc) is 2.38. The van der Waals surface area contributed by atoms with Crippen LogP contribution in [0.1, 0.15) is 25.6 Å². The Labute approximate surface area is 114 Å². The van der Waals surface area contributed by atoms with Gasteiger partial charge >= 0.3 is 0 Å². The smallest absolute Gasteiger partial charge is 0.251 e. The lowest BCUT2D eigenvalue weighted by Crippen LogP contribution is -2.11. The molecule has 0 aliphatic carbocycles. The number of nitrogens with one attached hydrogen (secondary N) is 2. The van der Waals surface area contributed by atoms with Crippen molar-refractivity contribution in [2.75, 3.05) is 5.43 Å². The summed E-state index contributed by atoms with van der Waals surface area (Å²) in [6.45, 7) is 3.99. The van der Waals surface area contributed by atoms with Crippen LogP contribution in [0, 0.1) is 0 Å². The number of aromatic amines is 1. The molecule has 100 valence electrons. The fourth-order valence-electron chi connectivity index (χ4n) is 1.33. The Morgan fingerprint density at radius 3 is 2.84 bits per heavy atom. The lowest BCUT2D eigenvalue weighted by Gasteiger charge is -2.08. The highest BCUT2D eigenvalue weighted by molar-refractivity contribution is 7.99. The molecule has 0 aliphatic heterocycles. The largest absolute Gasteiger partial charge is 0.308 e. The number of hydrogen-bond donors (Lipinski definition) is 3. The number of hydrazine groups is 1. The van der Waals surface area contributed by atoms with Gasteiger partial charge in [-0.2, -0.15) is 0 Å². The zero-order chi connectivity index (χ0) is 13.8. The van der Waals surface area contributed by atoms with Crippen molar-refractivity contribution in [2.24, 2.45) is 5.84 Å². The van der Waals surface area contributed by atoms with Gasteiger partial charge in [-0.3, -0.25) is 4.79 Å². The summed E-state index contributed by atoms with van der Waals surface area (Å²) in [5.41, 5.74) is 2.30. The second-order valence-corrected chi connectivity index (χ2v) is 5.10. The van der Waals surface area contributed by atoms with Crippen LogP contribution < -0.4 is 16.8 Å². The zero-order valence-electron chi connectivity index (χ0n) is 10.5. The van der Waals surface area contributed by atoms with Gasteiger partial charge in [0.15, 0.2) is 5.16 Å². The van der Waals surface area contributed by atoms with E-state index in [1.54, 1.807) is 6.07 Å². The Morgan fingerprint density at radius 2 is 2.21 bits per heavy atom. The number of H-pyrrole nitrogens is 1. The first-order valence-electron chi connectivity index (χ1n) is 5.67. The van der Waals surface area contributed by atoms with E-state index in [1.807, 2.05) is 13.8 Å². The van der Waals surface area contributed by atoms with Crippen LogP contribution in [0.5, 0.6) is 0 Å². The summed E-state index contributed by atoms with van der Waals surface area (Å²) in [4.78, 5) is 26.5. The Balaban J connectivity index is 2.34. The summed E-state index contributed by atoms with van der Waals surface area (Å²) < 4.78 is 0. The van der Waals surface area contributed by atoms with Crippen molar-refractivity contribution >= 4 is 17.6 Å². The Bertz CT molecular complexity index is 627. The van der Waals surface area contributed by atoms with Gasteiger partial charge < -0.3 is 10.4 Å². The van der Waals surface area contributed by atoms with Crippen LogP contribution in [0.2, 0.25) is 0 Å². The summed E-state index contributed by atoms with van der Waals surface area (Å²) in [5.74, 6) is 6.76. The summed E-state index contributed by atoms with van der Waals surface area (Å²) in [6.07, 6.45) is 1.45. The van der Waals surface area contributed by atoms with Crippen LogP contribution >= 0.6 is 11.8 Å². The van der Waals surface area contributed by atoms with E-state index in [1.165, 1.54) is 24.0 Å². The topological polar surface area (TPSA) is 110 Å². The third kappa shape index (κ3) is 3.52. The standard InChI is InChI=1S/C11H14N6OS/c1-6(2)10-14-7(17-12)5-9(16-10)19-11-13-4-3-8(18)15-11/h3-6H,12H2,1-2H3,(H,13,15,18)(H,14,16,17). The molecule has 8 heteroatoms. The van der Waals surface area contributed by atoms with Gasteiger partial charge in [-0.05, 0) is 11.8 Å². The maximum Gasteiger partial charge on any atom is 0.251 e. The molecule has 0 saturated heterocycles. The van der Waals surface area contributed by atoms with Gasteiger partial charge in [0.05, 0.1) is 0 Å². The summed E-state index contributed by atoms with van der Waals surface area (Å²) in [7, 11) is 0. The molecule has 0 spiro atoms. The fourth-order valence-corrected chi connectivity index (χ4v) is 2.10. The first-order chi connectivity index (χ1) is 9.08. The number of anilines is 1. The predicted octanol–water partition coefficient (Wildman–Crippen LogP) is 1.12. The van der Waals surface area contributed by atoms with Crippen LogP contribution in [-0.2, 0) is 0 Å². The molecule has 2 aromatic rings. The molecule has 0 amide bonds. The molecule has 0 atom stereocenters. The number of hydrogen-bond acceptors (Lipinski definition) is 7. The van der Waals surface area contributed by atoms with Crippen LogP contribution in [0.25, 0.3) is 0 Å². The number of rotatable bonds is 4. The minimum Gasteiger partial charge on any atom is -0.308 e. The molecule has 0 bridgehead atoms. The number of nitrogens with zero attached hydrogens (tertiary/aromatic N) is 3. The van der Waals surface area contributed by atoms with Crippen molar-refractivity contribution in [1.82, 2.24) is 19.9 Å². The molecule has 0 unspecified atom stereocenters. The lowest BCUT2D eigenvalue weighted by atomic mass is 10.2. The molecule has 0 saturated carbocycles. The van der Waals surface area contributed by atoms with Crippen molar-refractivity contribution in [2.45, 2.75) is 29.9 Å². The normalized spacial score (nSPS) is 10.7. The molecule has 2 rings (SSSR count). The molecule has 0 fully saturated rings. The van der Waals surface area contributed by atoms with Crippen molar-refractivity contribution in [3.05, 3.63) is 34.5 Å². The van der Waals surface area contributed by atoms with E-state index >= 15 is 0 Å². The lowest BCUT2D eigenvalue weighted by molar-refractivity contribution is 0.753. The average molecular weight is 278 g/mol. The molecule has 2 aromatic heterocycles. The SMILES string of the molecule is CC(C)c1nc(NN)cc(Sc2nccc(=O)[nH]2)n1. The van der Waals surface area contributed by atoms with E-state index in [2.05, 4.69) is 25.4 Å². The van der Waals surface area contributed by atoms with Crippen LogP contribution in [0.3, 0.4) is 0 Å². The van der Waals surface area contributed by atoms with Gasteiger partial charge in [0.2, 0.25) is 0 Å². The molecule has 4 N–H and O–H groups in total. The molecule has 0 aromatic carbocycles. The first kappa shape index (κ1) is 13.5. The molecular weight excluding hydrogens is 264 g/mol. The molecule has 0 aliphatic rings. The molecule has 7 nitrogen and oxygen atoms in total.